The van der Waals surface area contributed by atoms with Crippen molar-refractivity contribution in [1.82, 2.24) is 20.3 Å². The first kappa shape index (κ1) is 30.0. The molecule has 2 heterocycles. The number of hydrogen-bond donors (Lipinski definition) is 3. The van der Waals surface area contributed by atoms with Crippen molar-refractivity contribution < 1.29 is 14.3 Å². The van der Waals surface area contributed by atoms with Gasteiger partial charge in [0, 0.05) is 62.8 Å². The van der Waals surface area contributed by atoms with Crippen LogP contribution in [0.25, 0.3) is 21.8 Å². The summed E-state index contributed by atoms with van der Waals surface area (Å²) in [5.41, 5.74) is 7.98. The summed E-state index contributed by atoms with van der Waals surface area (Å²) in [5.74, 6) is -0.482. The summed E-state index contributed by atoms with van der Waals surface area (Å²) in [4.78, 5) is 29.4. The first-order valence-electron chi connectivity index (χ1n) is 14.3. The maximum absolute atomic E-state index is 13.4. The van der Waals surface area contributed by atoms with Crippen LogP contribution in [0.1, 0.15) is 22.3 Å². The number of hydrazone groups is 1. The molecule has 0 fully saturated rings. The van der Waals surface area contributed by atoms with E-state index in [1.807, 2.05) is 103 Å². The van der Waals surface area contributed by atoms with Gasteiger partial charge in [-0.15, -0.1) is 0 Å². The summed E-state index contributed by atoms with van der Waals surface area (Å²) in [7, 11) is 0. The molecule has 2 aromatic heterocycles. The van der Waals surface area contributed by atoms with Gasteiger partial charge in [-0.3, -0.25) is 4.79 Å². The van der Waals surface area contributed by atoms with Crippen molar-refractivity contribution in [3.63, 3.8) is 0 Å². The maximum Gasteiger partial charge on any atom is 0.408 e. The minimum absolute atomic E-state index is 0.0809. The number of nitrogens with one attached hydrogen (secondary N) is 3. The number of nitrogens with zero attached hydrogens (tertiary/aromatic N) is 2. The van der Waals surface area contributed by atoms with Gasteiger partial charge < -0.3 is 19.6 Å². The number of carbonyl (C=O) groups is 2. The van der Waals surface area contributed by atoms with E-state index in [0.717, 1.165) is 44.1 Å². The quantitative estimate of drug-likeness (QED) is 0.107. The third-order valence-electron chi connectivity index (χ3n) is 7.47. The molecule has 0 saturated carbocycles. The van der Waals surface area contributed by atoms with E-state index in [4.69, 9.17) is 27.9 Å². The molecule has 10 heteroatoms. The molecule has 226 valence electrons. The predicted molar refractivity (Wildman–Crippen MR) is 179 cm³/mol. The molecule has 0 bridgehead atoms. The molecule has 0 aliphatic heterocycles. The number of amides is 2. The molecule has 45 heavy (non-hydrogen) atoms. The second kappa shape index (κ2) is 13.7. The van der Waals surface area contributed by atoms with Crippen molar-refractivity contribution in [1.29, 1.82) is 0 Å². The van der Waals surface area contributed by atoms with Gasteiger partial charge in [0.25, 0.3) is 5.91 Å². The Kier molecular flexibility index (Phi) is 9.14. The van der Waals surface area contributed by atoms with E-state index in [1.165, 1.54) is 0 Å². The molecule has 1 atom stereocenters. The number of halogens is 2. The number of aromatic nitrogens is 2. The number of aromatic amines is 1. The van der Waals surface area contributed by atoms with E-state index in [2.05, 4.69) is 25.4 Å². The molecular formula is C35H29Cl2N5O3. The number of H-pyrrole nitrogens is 1. The first-order chi connectivity index (χ1) is 21.9. The third-order valence-corrected chi connectivity index (χ3v) is 8.06. The largest absolute Gasteiger partial charge is 0.445 e. The molecule has 8 nitrogen and oxygen atoms in total. The highest BCUT2D eigenvalue weighted by Crippen LogP contribution is 2.26. The van der Waals surface area contributed by atoms with E-state index >= 15 is 0 Å². The highest BCUT2D eigenvalue weighted by molar-refractivity contribution is 6.35. The topological polar surface area (TPSA) is 101 Å². The average Bonchev–Trinajstić information content (AvgIpc) is 3.62. The van der Waals surface area contributed by atoms with Gasteiger partial charge in [-0.1, -0.05) is 96.0 Å². The molecule has 0 radical (unpaired) electrons. The van der Waals surface area contributed by atoms with Crippen molar-refractivity contribution in [2.75, 3.05) is 0 Å². The Labute approximate surface area is 269 Å². The molecule has 0 aliphatic carbocycles. The fraction of sp³-hybridized carbons (Fsp3) is 0.114. The fourth-order valence-electron chi connectivity index (χ4n) is 5.22. The van der Waals surface area contributed by atoms with Crippen LogP contribution in [0.15, 0.2) is 115 Å². The summed E-state index contributed by atoms with van der Waals surface area (Å²) < 4.78 is 7.48. The van der Waals surface area contributed by atoms with Crippen LogP contribution in [-0.4, -0.2) is 33.8 Å². The molecule has 0 aliphatic rings. The Hall–Kier alpha value is -5.05. The molecule has 0 spiro atoms. The zero-order chi connectivity index (χ0) is 31.2. The molecular weight excluding hydrogens is 609 g/mol. The molecule has 6 rings (SSSR count). The van der Waals surface area contributed by atoms with E-state index in [9.17, 15) is 9.59 Å². The van der Waals surface area contributed by atoms with Gasteiger partial charge in [0.1, 0.15) is 12.6 Å². The molecule has 0 saturated heterocycles. The van der Waals surface area contributed by atoms with Gasteiger partial charge in [0.05, 0.1) is 6.21 Å². The van der Waals surface area contributed by atoms with Gasteiger partial charge in [0.15, 0.2) is 0 Å². The normalized spacial score (nSPS) is 12.0. The lowest BCUT2D eigenvalue weighted by Gasteiger charge is -2.17. The van der Waals surface area contributed by atoms with Crippen LogP contribution in [0, 0.1) is 0 Å². The number of hydrogen-bond acceptors (Lipinski definition) is 4. The van der Waals surface area contributed by atoms with E-state index in [0.29, 0.717) is 16.6 Å². The highest BCUT2D eigenvalue weighted by atomic mass is 35.5. The summed E-state index contributed by atoms with van der Waals surface area (Å²) >= 11 is 12.5. The lowest BCUT2D eigenvalue weighted by Crippen LogP contribution is -2.47. The van der Waals surface area contributed by atoms with Crippen molar-refractivity contribution >= 4 is 63.2 Å². The van der Waals surface area contributed by atoms with Crippen LogP contribution in [-0.2, 0) is 29.1 Å². The zero-order valence-electron chi connectivity index (χ0n) is 24.0. The van der Waals surface area contributed by atoms with E-state index in [-0.39, 0.29) is 13.0 Å². The Morgan fingerprint density at radius 3 is 2.49 bits per heavy atom. The van der Waals surface area contributed by atoms with E-state index in [1.54, 1.807) is 12.3 Å². The first-order valence-corrected chi connectivity index (χ1v) is 15.1. The van der Waals surface area contributed by atoms with Crippen LogP contribution < -0.4 is 10.7 Å². The predicted octanol–water partition coefficient (Wildman–Crippen LogP) is 7.47. The van der Waals surface area contributed by atoms with Gasteiger partial charge in [-0.2, -0.15) is 5.10 Å². The summed E-state index contributed by atoms with van der Waals surface area (Å²) in [6, 6.07) is 29.5. The molecule has 2 amide bonds. The number of benzene rings is 4. The number of para-hydroxylation sites is 2. The SMILES string of the molecule is O=C(N[C@@H](Cc1c[nH]c2ccccc12)C(=O)N/N=C\c1cn(Cc2ccc(Cl)cc2Cl)c2ccccc12)OCc1ccccc1. The second-order valence-electron chi connectivity index (χ2n) is 10.5. The zero-order valence-corrected chi connectivity index (χ0v) is 25.6. The van der Waals surface area contributed by atoms with Crippen LogP contribution in [0.2, 0.25) is 10.0 Å². The minimum atomic E-state index is -0.946. The van der Waals surface area contributed by atoms with Gasteiger partial charge in [-0.05, 0) is 41.0 Å². The van der Waals surface area contributed by atoms with Crippen LogP contribution in [0.4, 0.5) is 4.79 Å². The smallest absolute Gasteiger partial charge is 0.408 e. The van der Waals surface area contributed by atoms with Crippen LogP contribution in [0.3, 0.4) is 0 Å². The van der Waals surface area contributed by atoms with Crippen LogP contribution in [0.5, 0.6) is 0 Å². The molecule has 4 aromatic carbocycles. The van der Waals surface area contributed by atoms with Crippen LogP contribution >= 0.6 is 23.2 Å². The lowest BCUT2D eigenvalue weighted by molar-refractivity contribution is -0.123. The van der Waals surface area contributed by atoms with Gasteiger partial charge >= 0.3 is 6.09 Å². The summed E-state index contributed by atoms with van der Waals surface area (Å²) in [6.07, 6.45) is 4.91. The number of carbonyl (C=O) groups excluding carboxylic acids is 2. The van der Waals surface area contributed by atoms with Gasteiger partial charge in [0.2, 0.25) is 0 Å². The number of fused-ring (bicyclic) bond motifs is 2. The molecule has 3 N–H and O–H groups in total. The number of ether oxygens (including phenoxy) is 1. The Morgan fingerprint density at radius 2 is 1.67 bits per heavy atom. The van der Waals surface area contributed by atoms with Crippen molar-refractivity contribution in [3.8, 4) is 0 Å². The molecule has 0 unspecified atom stereocenters. The highest BCUT2D eigenvalue weighted by Gasteiger charge is 2.23. The maximum atomic E-state index is 13.4. The second-order valence-corrected chi connectivity index (χ2v) is 11.4. The Balaban J connectivity index is 1.19. The summed E-state index contributed by atoms with van der Waals surface area (Å²) in [5, 5.41) is 10.1. The number of rotatable bonds is 10. The standard InChI is InChI=1S/C35H29Cl2N5O3/c36-27-15-14-24(30(37)17-27)20-42-21-26(29-11-5-7-13-33(29)42)19-39-41-34(43)32(16-25-18-38-31-12-6-4-10-28(25)31)40-35(44)45-22-23-8-2-1-3-9-23/h1-15,17-19,21,32,38H,16,20,22H2,(H,40,44)(H,41,43)/b39-19-/t32-/m0/s1. The van der Waals surface area contributed by atoms with Gasteiger partial charge in [-0.25, -0.2) is 10.2 Å². The fourth-order valence-corrected chi connectivity index (χ4v) is 5.69. The van der Waals surface area contributed by atoms with E-state index < -0.39 is 18.0 Å². The third kappa shape index (κ3) is 7.20. The Bertz CT molecular complexity index is 2000. The Morgan fingerprint density at radius 1 is 0.911 bits per heavy atom. The van der Waals surface area contributed by atoms with Crippen molar-refractivity contribution in [3.05, 3.63) is 142 Å². The average molecular weight is 639 g/mol. The molecule has 6 aromatic rings. The minimum Gasteiger partial charge on any atom is -0.445 e. The monoisotopic (exact) mass is 637 g/mol. The summed E-state index contributed by atoms with van der Waals surface area (Å²) in [6.45, 7) is 0.607. The van der Waals surface area contributed by atoms with Crippen molar-refractivity contribution in [2.45, 2.75) is 25.6 Å². The number of alkyl carbamates (subject to hydrolysis) is 1. The lowest BCUT2D eigenvalue weighted by atomic mass is 10.0. The van der Waals surface area contributed by atoms with Crippen molar-refractivity contribution in [2.24, 2.45) is 5.10 Å².